The first-order valence-corrected chi connectivity index (χ1v) is 11.5. The monoisotopic (exact) mass is 496 g/mol. The van der Waals surface area contributed by atoms with Gasteiger partial charge in [-0.25, -0.2) is 4.98 Å². The number of benzene rings is 3. The van der Waals surface area contributed by atoms with Gasteiger partial charge in [-0.3, -0.25) is 14.2 Å². The maximum Gasteiger partial charge on any atom is 0.321 e. The number of anilines is 2. The number of halogens is 2. The molecule has 3 aromatic carbocycles. The van der Waals surface area contributed by atoms with E-state index in [4.69, 9.17) is 4.74 Å². The average Bonchev–Trinajstić information content (AvgIpc) is 3.22. The topological polar surface area (TPSA) is 85.2 Å². The first-order chi connectivity index (χ1) is 16.9. The summed E-state index contributed by atoms with van der Waals surface area (Å²) in [5, 5.41) is 4.89. The predicted octanol–water partition coefficient (Wildman–Crippen LogP) is 5.81. The van der Waals surface area contributed by atoms with Gasteiger partial charge in [-0.1, -0.05) is 36.0 Å². The van der Waals surface area contributed by atoms with Crippen molar-refractivity contribution < 1.29 is 23.1 Å². The lowest BCUT2D eigenvalue weighted by Crippen LogP contribution is -2.23. The van der Waals surface area contributed by atoms with Crippen LogP contribution in [0, 0.1) is 0 Å². The van der Waals surface area contributed by atoms with Crippen molar-refractivity contribution in [3.05, 3.63) is 78.4 Å². The summed E-state index contributed by atoms with van der Waals surface area (Å²) in [5.74, 6) is -0.173. The van der Waals surface area contributed by atoms with Crippen LogP contribution >= 0.6 is 11.8 Å². The standard InChI is InChI=1S/C25H22F2N4O3S/c1-15(35-25-30-18-7-3-5-9-20(18)31(25)24(26)27)22(32)28-17-13-11-16(12-14-17)23(33)29-19-8-4-6-10-21(19)34-2/h3-15,24H,1-2H3,(H,28,32)(H,29,33). The third kappa shape index (κ3) is 5.43. The lowest BCUT2D eigenvalue weighted by Gasteiger charge is -2.13. The number of thioether (sulfide) groups is 1. The molecule has 0 fully saturated rings. The van der Waals surface area contributed by atoms with Gasteiger partial charge in [0, 0.05) is 11.3 Å². The number of hydrogen-bond acceptors (Lipinski definition) is 5. The molecule has 0 bridgehead atoms. The van der Waals surface area contributed by atoms with Crippen molar-refractivity contribution >= 4 is 46.0 Å². The summed E-state index contributed by atoms with van der Waals surface area (Å²) in [5.41, 5.74) is 2.14. The van der Waals surface area contributed by atoms with Crippen LogP contribution in [0.25, 0.3) is 11.0 Å². The van der Waals surface area contributed by atoms with E-state index in [1.54, 1.807) is 79.7 Å². The largest absolute Gasteiger partial charge is 0.495 e. The number of carbonyl (C=O) groups is 2. The van der Waals surface area contributed by atoms with Crippen LogP contribution in [0.4, 0.5) is 20.2 Å². The molecule has 180 valence electrons. The van der Waals surface area contributed by atoms with Crippen molar-refractivity contribution in [1.82, 2.24) is 9.55 Å². The van der Waals surface area contributed by atoms with E-state index in [1.165, 1.54) is 7.11 Å². The number of methoxy groups -OCH3 is 1. The van der Waals surface area contributed by atoms with E-state index in [1.807, 2.05) is 0 Å². The highest BCUT2D eigenvalue weighted by atomic mass is 32.2. The highest BCUT2D eigenvalue weighted by molar-refractivity contribution is 8.00. The van der Waals surface area contributed by atoms with Crippen molar-refractivity contribution in [3.63, 3.8) is 0 Å². The zero-order valence-electron chi connectivity index (χ0n) is 18.9. The van der Waals surface area contributed by atoms with Crippen LogP contribution in [0.5, 0.6) is 5.75 Å². The lowest BCUT2D eigenvalue weighted by molar-refractivity contribution is -0.115. The zero-order chi connectivity index (χ0) is 24.9. The minimum Gasteiger partial charge on any atom is -0.495 e. The molecule has 1 aromatic heterocycles. The van der Waals surface area contributed by atoms with Crippen LogP contribution in [-0.4, -0.2) is 33.7 Å². The number of aromatic nitrogens is 2. The second kappa shape index (κ2) is 10.6. The normalized spacial score (nSPS) is 11.9. The number of ether oxygens (including phenoxy) is 1. The summed E-state index contributed by atoms with van der Waals surface area (Å²) in [7, 11) is 1.52. The minimum absolute atomic E-state index is 0.0622. The third-order valence-corrected chi connectivity index (χ3v) is 6.25. The molecule has 7 nitrogen and oxygen atoms in total. The Hall–Kier alpha value is -3.92. The first-order valence-electron chi connectivity index (χ1n) is 10.6. The van der Waals surface area contributed by atoms with Gasteiger partial charge in [0.25, 0.3) is 5.91 Å². The molecule has 1 atom stereocenters. The summed E-state index contributed by atoms with van der Waals surface area (Å²) in [6.45, 7) is -1.17. The first kappa shape index (κ1) is 24.2. The molecular weight excluding hydrogens is 474 g/mol. The van der Waals surface area contributed by atoms with Crippen molar-refractivity contribution in [1.29, 1.82) is 0 Å². The fourth-order valence-electron chi connectivity index (χ4n) is 3.40. The van der Waals surface area contributed by atoms with Gasteiger partial charge < -0.3 is 15.4 Å². The molecule has 1 unspecified atom stereocenters. The highest BCUT2D eigenvalue weighted by Gasteiger charge is 2.23. The van der Waals surface area contributed by atoms with Crippen molar-refractivity contribution in [2.75, 3.05) is 17.7 Å². The molecule has 0 saturated heterocycles. The van der Waals surface area contributed by atoms with Crippen LogP contribution in [0.15, 0.2) is 78.0 Å². The van der Waals surface area contributed by atoms with Crippen molar-refractivity contribution in [2.45, 2.75) is 23.9 Å². The molecule has 0 aliphatic rings. The van der Waals surface area contributed by atoms with Crippen LogP contribution in [0.2, 0.25) is 0 Å². The number of imidazole rings is 1. The molecule has 2 amide bonds. The van der Waals surface area contributed by atoms with E-state index in [9.17, 15) is 18.4 Å². The molecule has 4 aromatic rings. The fourth-order valence-corrected chi connectivity index (χ4v) is 4.32. The molecule has 1 heterocycles. The summed E-state index contributed by atoms with van der Waals surface area (Å²) < 4.78 is 33.3. The second-order valence-electron chi connectivity index (χ2n) is 7.51. The third-order valence-electron chi connectivity index (χ3n) is 5.18. The van der Waals surface area contributed by atoms with Crippen molar-refractivity contribution in [3.8, 4) is 5.75 Å². The molecule has 0 spiro atoms. The van der Waals surface area contributed by atoms with E-state index in [2.05, 4.69) is 15.6 Å². The number of hydrogen-bond donors (Lipinski definition) is 2. The van der Waals surface area contributed by atoms with E-state index in [0.29, 0.717) is 33.7 Å². The van der Waals surface area contributed by atoms with Crippen LogP contribution in [-0.2, 0) is 4.79 Å². The smallest absolute Gasteiger partial charge is 0.321 e. The molecular formula is C25H22F2N4O3S. The van der Waals surface area contributed by atoms with Gasteiger partial charge in [0.1, 0.15) is 5.75 Å². The molecule has 35 heavy (non-hydrogen) atoms. The van der Waals surface area contributed by atoms with Crippen LogP contribution in [0.1, 0.15) is 23.8 Å². The summed E-state index contributed by atoms with van der Waals surface area (Å²) in [6, 6.07) is 20.0. The molecule has 10 heteroatoms. The minimum atomic E-state index is -2.78. The molecule has 0 aliphatic heterocycles. The Morgan fingerprint density at radius 3 is 2.37 bits per heavy atom. The average molecular weight is 497 g/mol. The van der Waals surface area contributed by atoms with Gasteiger partial charge in [0.2, 0.25) is 5.91 Å². The number of rotatable bonds is 8. The predicted molar refractivity (Wildman–Crippen MR) is 132 cm³/mol. The van der Waals surface area contributed by atoms with Crippen LogP contribution in [0.3, 0.4) is 0 Å². The SMILES string of the molecule is COc1ccccc1NC(=O)c1ccc(NC(=O)C(C)Sc2nc3ccccc3n2C(F)F)cc1. The summed E-state index contributed by atoms with van der Waals surface area (Å²) in [6.07, 6.45) is 0. The van der Waals surface area contributed by atoms with Gasteiger partial charge in [0.15, 0.2) is 5.16 Å². The Labute approximate surface area is 204 Å². The summed E-state index contributed by atoms with van der Waals surface area (Å²) in [4.78, 5) is 29.5. The zero-order valence-corrected chi connectivity index (χ0v) is 19.7. The van der Waals surface area contributed by atoms with E-state index in [-0.39, 0.29) is 17.0 Å². The Morgan fingerprint density at radius 2 is 1.66 bits per heavy atom. The van der Waals surface area contributed by atoms with Gasteiger partial charge in [-0.2, -0.15) is 8.78 Å². The quantitative estimate of drug-likeness (QED) is 0.301. The lowest BCUT2D eigenvalue weighted by atomic mass is 10.2. The number of nitrogens with zero attached hydrogens (tertiary/aromatic N) is 2. The second-order valence-corrected chi connectivity index (χ2v) is 8.82. The summed E-state index contributed by atoms with van der Waals surface area (Å²) >= 11 is 0.948. The van der Waals surface area contributed by atoms with Gasteiger partial charge in [-0.15, -0.1) is 0 Å². The Morgan fingerprint density at radius 1 is 0.971 bits per heavy atom. The van der Waals surface area contributed by atoms with Crippen molar-refractivity contribution in [2.24, 2.45) is 0 Å². The van der Waals surface area contributed by atoms with E-state index < -0.39 is 11.8 Å². The number of amides is 2. The number of alkyl halides is 2. The number of fused-ring (bicyclic) bond motifs is 1. The molecule has 4 rings (SSSR count). The Kier molecular flexibility index (Phi) is 7.31. The van der Waals surface area contributed by atoms with E-state index in [0.717, 1.165) is 16.3 Å². The Bertz CT molecular complexity index is 1360. The van der Waals surface area contributed by atoms with Crippen LogP contribution < -0.4 is 15.4 Å². The van der Waals surface area contributed by atoms with Gasteiger partial charge in [-0.05, 0) is 55.5 Å². The van der Waals surface area contributed by atoms with Gasteiger partial charge >= 0.3 is 6.55 Å². The fraction of sp³-hybridized carbons (Fsp3) is 0.160. The highest BCUT2D eigenvalue weighted by Crippen LogP contribution is 2.32. The molecule has 2 N–H and O–H groups in total. The number of para-hydroxylation sites is 4. The number of carbonyl (C=O) groups excluding carboxylic acids is 2. The molecule has 0 radical (unpaired) electrons. The number of nitrogens with one attached hydrogen (secondary N) is 2. The molecule has 0 aliphatic carbocycles. The maximum absolute atomic E-state index is 13.6. The maximum atomic E-state index is 13.6. The van der Waals surface area contributed by atoms with E-state index >= 15 is 0 Å². The molecule has 0 saturated carbocycles. The Balaban J connectivity index is 1.41. The van der Waals surface area contributed by atoms with Gasteiger partial charge in [0.05, 0.1) is 29.1 Å².